The fraction of sp³-hybridized carbons (Fsp3) is 0.273. The molecule has 90 valence electrons. The summed E-state index contributed by atoms with van der Waals surface area (Å²) in [6.07, 6.45) is 3.52. The Bertz CT molecular complexity index is 468. The van der Waals surface area contributed by atoms with Crippen LogP contribution in [0.5, 0.6) is 11.5 Å². The number of phenolic OH excluding ortho intramolecular Hbond substituents is 1. The summed E-state index contributed by atoms with van der Waals surface area (Å²) in [5, 5.41) is 13.1. The van der Waals surface area contributed by atoms with Crippen LogP contribution in [0.15, 0.2) is 27.8 Å². The summed E-state index contributed by atoms with van der Waals surface area (Å²) in [4.78, 5) is 2.65. The van der Waals surface area contributed by atoms with Gasteiger partial charge in [0.25, 0.3) is 0 Å². The number of phenols is 1. The number of hydrogen-bond donors (Lipinski definition) is 1. The molecule has 0 atom stereocenters. The molecule has 1 aromatic carbocycles. The van der Waals surface area contributed by atoms with E-state index in [1.54, 1.807) is 24.3 Å². The highest BCUT2D eigenvalue weighted by molar-refractivity contribution is 9.10. The molecule has 0 saturated heterocycles. The molecule has 0 spiro atoms. The highest BCUT2D eigenvalue weighted by Gasteiger charge is 2.07. The minimum absolute atomic E-state index is 0.0824. The zero-order valence-corrected chi connectivity index (χ0v) is 10.9. The quantitative estimate of drug-likeness (QED) is 0.508. The van der Waals surface area contributed by atoms with Gasteiger partial charge in [-0.1, -0.05) is 17.3 Å². The van der Waals surface area contributed by atoms with Gasteiger partial charge in [0.1, 0.15) is 0 Å². The van der Waals surface area contributed by atoms with Crippen molar-refractivity contribution in [1.82, 2.24) is 0 Å². The second-order valence-electron chi connectivity index (χ2n) is 3.10. The smallest absolute Gasteiger partial charge is 0.172 e. The molecule has 1 aromatic rings. The Labute approximate surface area is 107 Å². The molecule has 6 heteroatoms. The molecular formula is C11H12BrN3O2. The molecule has 1 rings (SSSR count). The van der Waals surface area contributed by atoms with Crippen LogP contribution in [0.1, 0.15) is 12.5 Å². The monoisotopic (exact) mass is 297 g/mol. The van der Waals surface area contributed by atoms with E-state index < -0.39 is 0 Å². The van der Waals surface area contributed by atoms with E-state index in [9.17, 15) is 5.11 Å². The number of nitrogens with zero attached hydrogens (tertiary/aromatic N) is 3. The summed E-state index contributed by atoms with van der Waals surface area (Å²) >= 11 is 3.24. The highest BCUT2D eigenvalue weighted by Crippen LogP contribution is 2.35. The van der Waals surface area contributed by atoms with E-state index in [1.807, 2.05) is 6.92 Å². The summed E-state index contributed by atoms with van der Waals surface area (Å²) in [5.41, 5.74) is 8.97. The standard InChI is InChI=1S/C11H12BrN3O2/c1-2-17-10-7-8(4-3-5-14-15-13)6-9(12)11(10)16/h3-4,6-7,16H,2,5H2,1H3. The van der Waals surface area contributed by atoms with Gasteiger partial charge in [-0.15, -0.1) is 0 Å². The number of aromatic hydroxyl groups is 1. The first-order valence-electron chi connectivity index (χ1n) is 5.01. The van der Waals surface area contributed by atoms with Crippen LogP contribution in [-0.2, 0) is 0 Å². The lowest BCUT2D eigenvalue weighted by molar-refractivity contribution is 0.317. The Balaban J connectivity index is 2.93. The number of hydrogen-bond acceptors (Lipinski definition) is 3. The van der Waals surface area contributed by atoms with Gasteiger partial charge in [0.15, 0.2) is 11.5 Å². The lowest BCUT2D eigenvalue weighted by Gasteiger charge is -2.08. The number of ether oxygens (including phenoxy) is 1. The van der Waals surface area contributed by atoms with E-state index in [0.717, 1.165) is 5.56 Å². The van der Waals surface area contributed by atoms with E-state index in [-0.39, 0.29) is 5.75 Å². The maximum absolute atomic E-state index is 9.70. The molecule has 0 saturated carbocycles. The zero-order valence-electron chi connectivity index (χ0n) is 9.30. The van der Waals surface area contributed by atoms with E-state index >= 15 is 0 Å². The average Bonchev–Trinajstić information content (AvgIpc) is 2.31. The summed E-state index contributed by atoms with van der Waals surface area (Å²) < 4.78 is 5.85. The molecular weight excluding hydrogens is 286 g/mol. The molecule has 0 aliphatic rings. The van der Waals surface area contributed by atoms with E-state index in [2.05, 4.69) is 26.0 Å². The van der Waals surface area contributed by atoms with Gasteiger partial charge >= 0.3 is 0 Å². The highest BCUT2D eigenvalue weighted by atomic mass is 79.9. The van der Waals surface area contributed by atoms with Crippen molar-refractivity contribution in [3.8, 4) is 11.5 Å². The van der Waals surface area contributed by atoms with Gasteiger partial charge in [-0.05, 0) is 46.1 Å². The molecule has 0 aromatic heterocycles. The molecule has 0 aliphatic heterocycles. The SMILES string of the molecule is CCOc1cc(C=CCN=[N+]=[N-])cc(Br)c1O. The predicted octanol–water partition coefficient (Wildman–Crippen LogP) is 3.88. The Morgan fingerprint density at radius 3 is 3.00 bits per heavy atom. The molecule has 0 fully saturated rings. The van der Waals surface area contributed by atoms with Crippen LogP contribution in [0.3, 0.4) is 0 Å². The fourth-order valence-corrected chi connectivity index (χ4v) is 1.69. The van der Waals surface area contributed by atoms with Crippen molar-refractivity contribution >= 4 is 22.0 Å². The predicted molar refractivity (Wildman–Crippen MR) is 70.0 cm³/mol. The molecule has 1 N–H and O–H groups in total. The van der Waals surface area contributed by atoms with Crippen LogP contribution >= 0.6 is 15.9 Å². The molecule has 0 bridgehead atoms. The molecule has 0 radical (unpaired) electrons. The van der Waals surface area contributed by atoms with Gasteiger partial charge in [0.05, 0.1) is 11.1 Å². The van der Waals surface area contributed by atoms with Crippen molar-refractivity contribution in [2.24, 2.45) is 5.11 Å². The first kappa shape index (κ1) is 13.4. The van der Waals surface area contributed by atoms with Gasteiger partial charge in [-0.2, -0.15) is 0 Å². The molecule has 0 amide bonds. The third-order valence-electron chi connectivity index (χ3n) is 1.91. The molecule has 0 aliphatic carbocycles. The summed E-state index contributed by atoms with van der Waals surface area (Å²) in [7, 11) is 0. The number of azide groups is 1. The Hall–Kier alpha value is -1.65. The summed E-state index contributed by atoms with van der Waals surface area (Å²) in [6.45, 7) is 2.61. The molecule has 0 unspecified atom stereocenters. The number of rotatable bonds is 5. The second kappa shape index (κ2) is 6.83. The zero-order chi connectivity index (χ0) is 12.7. The van der Waals surface area contributed by atoms with Crippen molar-refractivity contribution in [2.45, 2.75) is 6.92 Å². The normalized spacial score (nSPS) is 10.2. The van der Waals surface area contributed by atoms with Gasteiger partial charge in [-0.3, -0.25) is 0 Å². The Morgan fingerprint density at radius 2 is 2.35 bits per heavy atom. The topological polar surface area (TPSA) is 78.2 Å². The maximum atomic E-state index is 9.70. The minimum Gasteiger partial charge on any atom is -0.503 e. The first-order chi connectivity index (χ1) is 8.19. The third kappa shape index (κ3) is 4.01. The van der Waals surface area contributed by atoms with Crippen LogP contribution in [-0.4, -0.2) is 18.3 Å². The van der Waals surface area contributed by atoms with Crippen LogP contribution in [0.25, 0.3) is 16.5 Å². The van der Waals surface area contributed by atoms with Gasteiger partial charge in [-0.25, -0.2) is 0 Å². The Morgan fingerprint density at radius 1 is 1.59 bits per heavy atom. The number of halogens is 1. The average molecular weight is 298 g/mol. The molecule has 5 nitrogen and oxygen atoms in total. The van der Waals surface area contributed by atoms with Crippen LogP contribution in [0.2, 0.25) is 0 Å². The number of benzene rings is 1. The van der Waals surface area contributed by atoms with Crippen molar-refractivity contribution in [3.05, 3.63) is 38.7 Å². The lowest BCUT2D eigenvalue weighted by atomic mass is 10.2. The second-order valence-corrected chi connectivity index (χ2v) is 3.95. The van der Waals surface area contributed by atoms with E-state index in [1.165, 1.54) is 0 Å². The van der Waals surface area contributed by atoms with Crippen molar-refractivity contribution in [3.63, 3.8) is 0 Å². The molecule has 0 heterocycles. The third-order valence-corrected chi connectivity index (χ3v) is 2.52. The van der Waals surface area contributed by atoms with Crippen molar-refractivity contribution < 1.29 is 9.84 Å². The summed E-state index contributed by atoms with van der Waals surface area (Å²) in [5.74, 6) is 0.504. The summed E-state index contributed by atoms with van der Waals surface area (Å²) in [6, 6.07) is 3.47. The molecule has 17 heavy (non-hydrogen) atoms. The van der Waals surface area contributed by atoms with Gasteiger partial charge in [0, 0.05) is 11.5 Å². The van der Waals surface area contributed by atoms with Crippen molar-refractivity contribution in [1.29, 1.82) is 0 Å². The van der Waals surface area contributed by atoms with Crippen molar-refractivity contribution in [2.75, 3.05) is 13.2 Å². The van der Waals surface area contributed by atoms with Crippen LogP contribution < -0.4 is 4.74 Å². The largest absolute Gasteiger partial charge is 0.503 e. The Kier molecular flexibility index (Phi) is 5.39. The fourth-order valence-electron chi connectivity index (χ4n) is 1.23. The maximum Gasteiger partial charge on any atom is 0.172 e. The van der Waals surface area contributed by atoms with Crippen LogP contribution in [0, 0.1) is 0 Å². The lowest BCUT2D eigenvalue weighted by Crippen LogP contribution is -1.92. The van der Waals surface area contributed by atoms with Gasteiger partial charge in [0.2, 0.25) is 0 Å². The van der Waals surface area contributed by atoms with Crippen LogP contribution in [0.4, 0.5) is 0 Å². The van der Waals surface area contributed by atoms with Gasteiger partial charge < -0.3 is 9.84 Å². The van der Waals surface area contributed by atoms with E-state index in [4.69, 9.17) is 10.3 Å². The van der Waals surface area contributed by atoms with E-state index in [0.29, 0.717) is 23.4 Å². The first-order valence-corrected chi connectivity index (χ1v) is 5.81. The minimum atomic E-state index is 0.0824.